The first-order valence-corrected chi connectivity index (χ1v) is 9.67. The second-order valence-corrected chi connectivity index (χ2v) is 7.19. The Morgan fingerprint density at radius 3 is 2.57 bits per heavy atom. The van der Waals surface area contributed by atoms with Gasteiger partial charge in [-0.3, -0.25) is 9.67 Å². The van der Waals surface area contributed by atoms with E-state index >= 15 is 0 Å². The van der Waals surface area contributed by atoms with Gasteiger partial charge in [0.05, 0.1) is 12.2 Å². The molecule has 2 atom stereocenters. The molecule has 2 aromatic rings. The highest BCUT2D eigenvalue weighted by molar-refractivity contribution is 14.0. The van der Waals surface area contributed by atoms with Gasteiger partial charge in [-0.25, -0.2) is 0 Å². The van der Waals surface area contributed by atoms with Crippen molar-refractivity contribution >= 4 is 41.5 Å². The molecule has 8 heteroatoms. The van der Waals surface area contributed by atoms with Crippen LogP contribution in [0.5, 0.6) is 0 Å². The van der Waals surface area contributed by atoms with E-state index in [-0.39, 0.29) is 36.6 Å². The number of guanidine groups is 1. The van der Waals surface area contributed by atoms with Gasteiger partial charge in [-0.1, -0.05) is 29.8 Å². The highest BCUT2D eigenvalue weighted by Crippen LogP contribution is 2.22. The highest BCUT2D eigenvalue weighted by Gasteiger charge is 2.15. The van der Waals surface area contributed by atoms with Crippen LogP contribution in [-0.2, 0) is 13.5 Å². The number of aliphatic imine (C=N–C) groups is 1. The van der Waals surface area contributed by atoms with Gasteiger partial charge in [0.15, 0.2) is 5.96 Å². The van der Waals surface area contributed by atoms with Crippen LogP contribution in [0.3, 0.4) is 0 Å². The van der Waals surface area contributed by atoms with Gasteiger partial charge in [-0.15, -0.1) is 24.0 Å². The number of nitrogens with one attached hydrogen (secondary N) is 2. The molecular weight excluding hydrogens is 489 g/mol. The molecule has 1 aromatic heterocycles. The Morgan fingerprint density at radius 1 is 1.32 bits per heavy atom. The van der Waals surface area contributed by atoms with Crippen LogP contribution in [0.4, 0.5) is 0 Å². The predicted molar refractivity (Wildman–Crippen MR) is 127 cm³/mol. The molecule has 2 rings (SSSR count). The first-order chi connectivity index (χ1) is 12.8. The number of nitrogens with zero attached hydrogens (tertiary/aromatic N) is 3. The molecule has 0 amide bonds. The van der Waals surface area contributed by atoms with Crippen molar-refractivity contribution in [3.63, 3.8) is 0 Å². The van der Waals surface area contributed by atoms with Gasteiger partial charge in [0.2, 0.25) is 0 Å². The van der Waals surface area contributed by atoms with Crippen LogP contribution < -0.4 is 10.6 Å². The number of halogens is 2. The normalized spacial score (nSPS) is 13.6. The Morgan fingerprint density at radius 2 is 2.00 bits per heavy atom. The van der Waals surface area contributed by atoms with Crippen molar-refractivity contribution in [1.82, 2.24) is 20.4 Å². The smallest absolute Gasteiger partial charge is 0.191 e. The van der Waals surface area contributed by atoms with E-state index in [9.17, 15) is 5.11 Å². The molecule has 1 heterocycles. The molecule has 0 aliphatic carbocycles. The Bertz CT molecular complexity index is 793. The minimum Gasteiger partial charge on any atom is -0.386 e. The molecule has 0 bridgehead atoms. The lowest BCUT2D eigenvalue weighted by Gasteiger charge is -2.19. The van der Waals surface area contributed by atoms with Crippen LogP contribution in [0.1, 0.15) is 42.5 Å². The maximum absolute atomic E-state index is 10.4. The number of hydrogen-bond acceptors (Lipinski definition) is 3. The lowest BCUT2D eigenvalue weighted by Crippen LogP contribution is -2.43. The quantitative estimate of drug-likeness (QED) is 0.297. The second-order valence-electron chi connectivity index (χ2n) is 6.78. The number of aliphatic hydroxyl groups excluding tert-OH is 1. The third-order valence-electron chi connectivity index (χ3n) is 4.58. The average molecular weight is 520 g/mol. The summed E-state index contributed by atoms with van der Waals surface area (Å²) in [6.45, 7) is 9.23. The standard InChI is InChI=1S/C20H30ClN5O.HI/c1-6-22-20(23-12-19(27)16-9-7-8-10-18(16)21)24-13(2)11-17-14(3)25-26(5)15(17)4;/h7-10,13,19,27H,6,11-12H2,1-5H3,(H2,22,23,24);1H. The topological polar surface area (TPSA) is 74.5 Å². The molecule has 0 saturated heterocycles. The van der Waals surface area contributed by atoms with Crippen LogP contribution in [0, 0.1) is 13.8 Å². The SMILES string of the molecule is CCNC(=NCC(O)c1ccccc1Cl)NC(C)Cc1c(C)nn(C)c1C.I. The van der Waals surface area contributed by atoms with Crippen molar-refractivity contribution in [2.45, 2.75) is 46.3 Å². The Balaban J connectivity index is 0.00000392. The molecule has 0 fully saturated rings. The van der Waals surface area contributed by atoms with Crippen LogP contribution in [0.15, 0.2) is 29.3 Å². The van der Waals surface area contributed by atoms with Gasteiger partial charge in [0.25, 0.3) is 0 Å². The summed E-state index contributed by atoms with van der Waals surface area (Å²) in [5, 5.41) is 22.1. The molecule has 0 aliphatic heterocycles. The van der Waals surface area contributed by atoms with Crippen molar-refractivity contribution in [1.29, 1.82) is 0 Å². The van der Waals surface area contributed by atoms with Crippen molar-refractivity contribution < 1.29 is 5.11 Å². The molecular formula is C20H31ClIN5O. The summed E-state index contributed by atoms with van der Waals surface area (Å²) in [6.07, 6.45) is 0.107. The van der Waals surface area contributed by atoms with E-state index in [1.165, 1.54) is 11.3 Å². The van der Waals surface area contributed by atoms with Crippen LogP contribution in [-0.4, -0.2) is 40.0 Å². The summed E-state index contributed by atoms with van der Waals surface area (Å²) >= 11 is 6.15. The molecule has 0 saturated carbocycles. The van der Waals surface area contributed by atoms with Crippen molar-refractivity contribution in [2.24, 2.45) is 12.0 Å². The lowest BCUT2D eigenvalue weighted by molar-refractivity contribution is 0.187. The summed E-state index contributed by atoms with van der Waals surface area (Å²) in [6, 6.07) is 7.46. The van der Waals surface area contributed by atoms with E-state index in [0.717, 1.165) is 18.7 Å². The Kier molecular flexibility index (Phi) is 10.3. The number of aliphatic hydroxyl groups is 1. The molecule has 2 unspecified atom stereocenters. The average Bonchev–Trinajstić information content (AvgIpc) is 2.86. The highest BCUT2D eigenvalue weighted by atomic mass is 127. The summed E-state index contributed by atoms with van der Waals surface area (Å²) in [5.74, 6) is 0.676. The Hall–Kier alpha value is -1.32. The maximum Gasteiger partial charge on any atom is 0.191 e. The van der Waals surface area contributed by atoms with E-state index in [4.69, 9.17) is 11.6 Å². The first kappa shape index (κ1) is 24.7. The van der Waals surface area contributed by atoms with Crippen molar-refractivity contribution in [2.75, 3.05) is 13.1 Å². The van der Waals surface area contributed by atoms with E-state index in [1.54, 1.807) is 6.07 Å². The van der Waals surface area contributed by atoms with Gasteiger partial charge in [0, 0.05) is 35.9 Å². The minimum absolute atomic E-state index is 0. The van der Waals surface area contributed by atoms with Crippen LogP contribution in [0.25, 0.3) is 0 Å². The Labute approximate surface area is 189 Å². The van der Waals surface area contributed by atoms with Gasteiger partial charge in [0.1, 0.15) is 6.10 Å². The fourth-order valence-electron chi connectivity index (χ4n) is 3.04. The number of aryl methyl sites for hydroxylation is 2. The number of rotatable bonds is 7. The molecule has 6 nitrogen and oxygen atoms in total. The number of hydrogen-bond donors (Lipinski definition) is 3. The third-order valence-corrected chi connectivity index (χ3v) is 4.93. The molecule has 1 aromatic carbocycles. The number of aromatic nitrogens is 2. The zero-order valence-electron chi connectivity index (χ0n) is 17.2. The third kappa shape index (κ3) is 6.63. The molecule has 0 radical (unpaired) electrons. The van der Waals surface area contributed by atoms with Crippen molar-refractivity contribution in [3.05, 3.63) is 51.8 Å². The lowest BCUT2D eigenvalue weighted by atomic mass is 10.1. The summed E-state index contributed by atoms with van der Waals surface area (Å²) in [5.41, 5.74) is 4.18. The molecule has 28 heavy (non-hydrogen) atoms. The molecule has 0 spiro atoms. The molecule has 0 aliphatic rings. The summed E-state index contributed by atoms with van der Waals surface area (Å²) < 4.78 is 1.91. The van der Waals surface area contributed by atoms with E-state index in [1.807, 2.05) is 43.8 Å². The largest absolute Gasteiger partial charge is 0.386 e. The zero-order chi connectivity index (χ0) is 20.0. The molecule has 3 N–H and O–H groups in total. The van der Waals surface area contributed by atoms with Crippen LogP contribution in [0.2, 0.25) is 5.02 Å². The van der Waals surface area contributed by atoms with Gasteiger partial charge in [-0.2, -0.15) is 5.10 Å². The van der Waals surface area contributed by atoms with Crippen LogP contribution >= 0.6 is 35.6 Å². The summed E-state index contributed by atoms with van der Waals surface area (Å²) in [7, 11) is 1.96. The zero-order valence-corrected chi connectivity index (χ0v) is 20.2. The minimum atomic E-state index is -0.743. The van der Waals surface area contributed by atoms with Gasteiger partial charge < -0.3 is 15.7 Å². The summed E-state index contributed by atoms with van der Waals surface area (Å²) in [4.78, 5) is 4.53. The number of benzene rings is 1. The molecule has 156 valence electrons. The van der Waals surface area contributed by atoms with E-state index < -0.39 is 6.10 Å². The predicted octanol–water partition coefficient (Wildman–Crippen LogP) is 3.53. The van der Waals surface area contributed by atoms with Gasteiger partial charge >= 0.3 is 0 Å². The monoisotopic (exact) mass is 519 g/mol. The van der Waals surface area contributed by atoms with Crippen molar-refractivity contribution in [3.8, 4) is 0 Å². The van der Waals surface area contributed by atoms with E-state index in [2.05, 4.69) is 34.6 Å². The first-order valence-electron chi connectivity index (χ1n) is 9.29. The van der Waals surface area contributed by atoms with E-state index in [0.29, 0.717) is 16.5 Å². The fraction of sp³-hybridized carbons (Fsp3) is 0.500. The van der Waals surface area contributed by atoms with Gasteiger partial charge in [-0.05, 0) is 45.7 Å². The fourth-order valence-corrected chi connectivity index (χ4v) is 3.31. The maximum atomic E-state index is 10.4. The second kappa shape index (κ2) is 11.6.